The van der Waals surface area contributed by atoms with Gasteiger partial charge >= 0.3 is 0 Å². The van der Waals surface area contributed by atoms with E-state index in [0.717, 1.165) is 22.4 Å². The topological polar surface area (TPSA) is 84.1 Å². The third-order valence-electron chi connectivity index (χ3n) is 6.30. The van der Waals surface area contributed by atoms with Crippen LogP contribution in [-0.4, -0.2) is 28.9 Å². The van der Waals surface area contributed by atoms with Crippen LogP contribution in [0.5, 0.6) is 5.75 Å². The van der Waals surface area contributed by atoms with Gasteiger partial charge < -0.3 is 10.1 Å². The molecule has 0 bridgehead atoms. The van der Waals surface area contributed by atoms with Gasteiger partial charge in [0, 0.05) is 28.2 Å². The second-order valence-electron chi connectivity index (χ2n) is 8.05. The maximum atomic E-state index is 13.5. The molecule has 33 heavy (non-hydrogen) atoms. The lowest BCUT2D eigenvalue weighted by Gasteiger charge is -2.32. The number of carbonyl (C=O) groups is 2. The summed E-state index contributed by atoms with van der Waals surface area (Å²) >= 11 is 0. The first-order valence-corrected chi connectivity index (χ1v) is 10.6. The van der Waals surface area contributed by atoms with Crippen molar-refractivity contribution in [2.45, 2.75) is 5.92 Å². The standard InChI is InChI=1S/C27H19N3O3/c1-33-17-13-11-15(12-14-17)20-21-24(18-9-5-6-10-19(18)25(31)26(21)32)28-27-22(20)23(29-30-27)16-7-3-2-4-8-16/h2-14,20H,1H3,(H2,28,29,30). The lowest BCUT2D eigenvalue weighted by Crippen LogP contribution is -2.32. The van der Waals surface area contributed by atoms with Gasteiger partial charge in [0.25, 0.3) is 0 Å². The number of ether oxygens (including phenoxy) is 1. The number of fused-ring (bicyclic) bond motifs is 3. The van der Waals surface area contributed by atoms with Crippen molar-refractivity contribution in [1.82, 2.24) is 10.2 Å². The molecule has 0 radical (unpaired) electrons. The number of carbonyl (C=O) groups excluding carboxylic acids is 2. The van der Waals surface area contributed by atoms with Gasteiger partial charge in [-0.05, 0) is 23.3 Å². The molecule has 0 spiro atoms. The van der Waals surface area contributed by atoms with Gasteiger partial charge in [0.1, 0.15) is 5.75 Å². The maximum absolute atomic E-state index is 13.5. The second-order valence-corrected chi connectivity index (χ2v) is 8.05. The molecule has 1 aliphatic carbocycles. The molecular formula is C27H19N3O3. The number of hydrogen-bond acceptors (Lipinski definition) is 5. The lowest BCUT2D eigenvalue weighted by atomic mass is 9.73. The van der Waals surface area contributed by atoms with Gasteiger partial charge in [-0.15, -0.1) is 0 Å². The number of allylic oxidation sites excluding steroid dienone is 1. The Morgan fingerprint density at radius 2 is 1.52 bits per heavy atom. The first-order valence-electron chi connectivity index (χ1n) is 10.6. The number of benzene rings is 3. The largest absolute Gasteiger partial charge is 0.497 e. The van der Waals surface area contributed by atoms with Crippen LogP contribution in [-0.2, 0) is 4.79 Å². The van der Waals surface area contributed by atoms with Gasteiger partial charge in [-0.2, -0.15) is 5.10 Å². The summed E-state index contributed by atoms with van der Waals surface area (Å²) in [6.45, 7) is 0. The van der Waals surface area contributed by atoms with E-state index in [4.69, 9.17) is 4.74 Å². The normalized spacial score (nSPS) is 16.6. The molecule has 3 aromatic carbocycles. The third-order valence-corrected chi connectivity index (χ3v) is 6.30. The molecule has 0 saturated carbocycles. The van der Waals surface area contributed by atoms with Crippen LogP contribution in [0.1, 0.15) is 33.0 Å². The summed E-state index contributed by atoms with van der Waals surface area (Å²) in [5.74, 6) is -0.0963. The maximum Gasteiger partial charge on any atom is 0.233 e. The summed E-state index contributed by atoms with van der Waals surface area (Å²) < 4.78 is 5.33. The quantitative estimate of drug-likeness (QED) is 0.453. The molecule has 6 rings (SSSR count). The van der Waals surface area contributed by atoms with E-state index >= 15 is 0 Å². The van der Waals surface area contributed by atoms with Crippen molar-refractivity contribution in [3.05, 3.63) is 107 Å². The van der Waals surface area contributed by atoms with Crippen molar-refractivity contribution in [3.8, 4) is 17.0 Å². The average Bonchev–Trinajstić information content (AvgIpc) is 3.30. The molecule has 4 aromatic rings. The molecule has 2 heterocycles. The van der Waals surface area contributed by atoms with Crippen molar-refractivity contribution >= 4 is 23.1 Å². The number of aromatic nitrogens is 2. The van der Waals surface area contributed by atoms with Crippen LogP contribution in [0.15, 0.2) is 84.4 Å². The third kappa shape index (κ3) is 2.84. The Morgan fingerprint density at radius 3 is 2.24 bits per heavy atom. The molecule has 0 fully saturated rings. The minimum atomic E-state index is -0.497. The van der Waals surface area contributed by atoms with Crippen LogP contribution in [0, 0.1) is 0 Å². The monoisotopic (exact) mass is 433 g/mol. The van der Waals surface area contributed by atoms with E-state index in [2.05, 4.69) is 15.5 Å². The second kappa shape index (κ2) is 7.31. The van der Waals surface area contributed by atoms with Crippen LogP contribution in [0.25, 0.3) is 17.0 Å². The molecular weight excluding hydrogens is 414 g/mol. The molecule has 0 amide bonds. The zero-order valence-corrected chi connectivity index (χ0v) is 17.8. The van der Waals surface area contributed by atoms with Crippen molar-refractivity contribution in [1.29, 1.82) is 0 Å². The molecule has 1 unspecified atom stereocenters. The predicted molar refractivity (Wildman–Crippen MR) is 125 cm³/mol. The van der Waals surface area contributed by atoms with E-state index in [0.29, 0.717) is 34.0 Å². The van der Waals surface area contributed by atoms with Crippen LogP contribution < -0.4 is 10.1 Å². The van der Waals surface area contributed by atoms with Gasteiger partial charge in [-0.1, -0.05) is 66.7 Å². The number of Topliss-reactive ketones (excluding diaryl/α,β-unsaturated/α-hetero) is 2. The number of hydrogen-bond donors (Lipinski definition) is 2. The van der Waals surface area contributed by atoms with Crippen molar-refractivity contribution in [2.75, 3.05) is 12.4 Å². The number of nitrogens with one attached hydrogen (secondary N) is 2. The Morgan fingerprint density at radius 1 is 0.818 bits per heavy atom. The molecule has 6 heteroatoms. The summed E-state index contributed by atoms with van der Waals surface area (Å²) in [5.41, 5.74) is 5.67. The van der Waals surface area contributed by atoms with E-state index < -0.39 is 17.5 Å². The first kappa shape index (κ1) is 19.3. The average molecular weight is 433 g/mol. The van der Waals surface area contributed by atoms with Gasteiger partial charge in [-0.3, -0.25) is 14.7 Å². The van der Waals surface area contributed by atoms with Gasteiger partial charge in [0.05, 0.1) is 18.5 Å². The highest BCUT2D eigenvalue weighted by Gasteiger charge is 2.43. The highest BCUT2D eigenvalue weighted by atomic mass is 16.5. The van der Waals surface area contributed by atoms with Crippen LogP contribution in [0.2, 0.25) is 0 Å². The Hall–Kier alpha value is -4.45. The summed E-state index contributed by atoms with van der Waals surface area (Å²) in [6.07, 6.45) is 0. The fourth-order valence-corrected chi connectivity index (χ4v) is 4.76. The Balaban J connectivity index is 1.64. The highest BCUT2D eigenvalue weighted by Crippen LogP contribution is 2.49. The zero-order valence-electron chi connectivity index (χ0n) is 17.8. The van der Waals surface area contributed by atoms with E-state index in [1.807, 2.05) is 66.7 Å². The predicted octanol–water partition coefficient (Wildman–Crippen LogP) is 4.82. The molecule has 2 N–H and O–H groups in total. The summed E-state index contributed by atoms with van der Waals surface area (Å²) in [5, 5.41) is 11.1. The van der Waals surface area contributed by atoms with E-state index in [1.165, 1.54) is 0 Å². The summed E-state index contributed by atoms with van der Waals surface area (Å²) in [6, 6.07) is 24.6. The van der Waals surface area contributed by atoms with E-state index in [-0.39, 0.29) is 0 Å². The molecule has 1 atom stereocenters. The van der Waals surface area contributed by atoms with Gasteiger partial charge in [0.2, 0.25) is 11.6 Å². The van der Waals surface area contributed by atoms with Crippen molar-refractivity contribution < 1.29 is 14.3 Å². The molecule has 1 aliphatic heterocycles. The molecule has 0 saturated heterocycles. The number of ketones is 2. The number of methoxy groups -OCH3 is 1. The number of nitrogens with zero attached hydrogens (tertiary/aromatic N) is 1. The molecule has 2 aliphatic rings. The van der Waals surface area contributed by atoms with E-state index in [9.17, 15) is 9.59 Å². The Kier molecular flexibility index (Phi) is 4.26. The van der Waals surface area contributed by atoms with Crippen LogP contribution in [0.4, 0.5) is 5.82 Å². The van der Waals surface area contributed by atoms with Crippen molar-refractivity contribution in [3.63, 3.8) is 0 Å². The fourth-order valence-electron chi connectivity index (χ4n) is 4.76. The molecule has 6 nitrogen and oxygen atoms in total. The number of anilines is 1. The number of aromatic amines is 1. The fraction of sp³-hybridized carbons (Fsp3) is 0.0741. The van der Waals surface area contributed by atoms with Crippen LogP contribution in [0.3, 0.4) is 0 Å². The minimum absolute atomic E-state index is 0.407. The molecule has 1 aromatic heterocycles. The van der Waals surface area contributed by atoms with Crippen LogP contribution >= 0.6 is 0 Å². The lowest BCUT2D eigenvalue weighted by molar-refractivity contribution is -0.112. The summed E-state index contributed by atoms with van der Waals surface area (Å²) in [7, 11) is 1.61. The Labute approximate surface area is 189 Å². The smallest absolute Gasteiger partial charge is 0.233 e. The Bertz CT molecular complexity index is 1450. The number of rotatable bonds is 3. The van der Waals surface area contributed by atoms with E-state index in [1.54, 1.807) is 19.2 Å². The highest BCUT2D eigenvalue weighted by molar-refractivity contribution is 6.53. The van der Waals surface area contributed by atoms with Gasteiger partial charge in [-0.25, -0.2) is 0 Å². The number of H-pyrrole nitrogens is 1. The van der Waals surface area contributed by atoms with Gasteiger partial charge in [0.15, 0.2) is 5.82 Å². The molecule has 160 valence electrons. The first-order chi connectivity index (χ1) is 16.2. The SMILES string of the molecule is COc1ccc(C2C3=C(Nc4n[nH]c(-c5ccccc5)c42)c2ccccc2C(=O)C3=O)cc1. The summed E-state index contributed by atoms with van der Waals surface area (Å²) in [4.78, 5) is 26.6. The van der Waals surface area contributed by atoms with Crippen molar-refractivity contribution in [2.24, 2.45) is 0 Å². The zero-order chi connectivity index (χ0) is 22.5. The minimum Gasteiger partial charge on any atom is -0.497 e.